The van der Waals surface area contributed by atoms with E-state index >= 15 is 0 Å². The van der Waals surface area contributed by atoms with E-state index in [1.54, 1.807) is 0 Å². The van der Waals surface area contributed by atoms with E-state index in [1.807, 2.05) is 0 Å². The van der Waals surface area contributed by atoms with Gasteiger partial charge in [-0.15, -0.1) is 0 Å². The van der Waals surface area contributed by atoms with E-state index in [-0.39, 0.29) is 0 Å². The largest absolute Gasteiger partial charge is 0.258 e. The first-order valence-electron chi connectivity index (χ1n) is 17.3. The zero-order valence-corrected chi connectivity index (χ0v) is 25.9. The fourth-order valence-electron chi connectivity index (χ4n) is 5.70. The smallest absolute Gasteiger partial charge is 0.0409 e. The minimum atomic E-state index is 1.18. The molecule has 0 saturated heterocycles. The third kappa shape index (κ3) is 21.7. The number of hydrogen-bond donors (Lipinski definition) is 0. The standard InChI is InChI=1S/C36H67N/c1-4-7-9-11-13-15-17-19-21-23-25-27-30-35-32-34(29-6-3)33-36(37-35)31-28-26-24-22-20-18-16-14-12-10-8-5-2/h32-33H,4-31H2,1-3H3. The molecule has 0 aliphatic carbocycles. The van der Waals surface area contributed by atoms with Gasteiger partial charge in [0.2, 0.25) is 0 Å². The van der Waals surface area contributed by atoms with Crippen LogP contribution < -0.4 is 0 Å². The molecule has 0 spiro atoms. The highest BCUT2D eigenvalue weighted by Gasteiger charge is 2.04. The Balaban J connectivity index is 2.12. The lowest BCUT2D eigenvalue weighted by Gasteiger charge is -2.09. The Bertz CT molecular complexity index is 546. The highest BCUT2D eigenvalue weighted by Crippen LogP contribution is 2.17. The van der Waals surface area contributed by atoms with E-state index in [0.717, 1.165) is 0 Å². The van der Waals surface area contributed by atoms with Gasteiger partial charge in [-0.05, 0) is 49.8 Å². The van der Waals surface area contributed by atoms with Gasteiger partial charge in [0.05, 0.1) is 0 Å². The maximum absolute atomic E-state index is 5.09. The minimum absolute atomic E-state index is 1.18. The number of nitrogens with zero attached hydrogens (tertiary/aromatic N) is 1. The maximum Gasteiger partial charge on any atom is 0.0409 e. The van der Waals surface area contributed by atoms with Crippen LogP contribution >= 0.6 is 0 Å². The quantitative estimate of drug-likeness (QED) is 0.101. The lowest BCUT2D eigenvalue weighted by molar-refractivity contribution is 0.542. The maximum atomic E-state index is 5.09. The van der Waals surface area contributed by atoms with Gasteiger partial charge in [0, 0.05) is 11.4 Å². The molecular formula is C36H67N. The van der Waals surface area contributed by atoms with E-state index in [4.69, 9.17) is 4.98 Å². The average Bonchev–Trinajstić information content (AvgIpc) is 2.90. The summed E-state index contributed by atoms with van der Waals surface area (Å²) in [5.74, 6) is 0. The second kappa shape index (κ2) is 26.7. The van der Waals surface area contributed by atoms with Crippen molar-refractivity contribution in [2.45, 2.75) is 201 Å². The fraction of sp³-hybridized carbons (Fsp3) is 0.861. The third-order valence-electron chi connectivity index (χ3n) is 8.10. The van der Waals surface area contributed by atoms with Gasteiger partial charge >= 0.3 is 0 Å². The van der Waals surface area contributed by atoms with Crippen molar-refractivity contribution in [2.24, 2.45) is 0 Å². The molecule has 1 heterocycles. The first-order chi connectivity index (χ1) is 18.3. The van der Waals surface area contributed by atoms with Crippen LogP contribution in [-0.4, -0.2) is 4.98 Å². The van der Waals surface area contributed by atoms with Crippen LogP contribution in [0.3, 0.4) is 0 Å². The molecule has 0 aliphatic heterocycles. The van der Waals surface area contributed by atoms with Crippen molar-refractivity contribution in [3.8, 4) is 0 Å². The van der Waals surface area contributed by atoms with Crippen molar-refractivity contribution in [3.63, 3.8) is 0 Å². The molecule has 0 fully saturated rings. The Labute approximate surface area is 234 Å². The highest BCUT2D eigenvalue weighted by molar-refractivity contribution is 5.22. The van der Waals surface area contributed by atoms with Gasteiger partial charge < -0.3 is 0 Å². The molecule has 37 heavy (non-hydrogen) atoms. The van der Waals surface area contributed by atoms with Crippen LogP contribution in [0.2, 0.25) is 0 Å². The second-order valence-corrected chi connectivity index (χ2v) is 12.0. The topological polar surface area (TPSA) is 12.9 Å². The van der Waals surface area contributed by atoms with Crippen LogP contribution in [0.25, 0.3) is 0 Å². The lowest BCUT2D eigenvalue weighted by atomic mass is 10.0. The molecule has 1 aromatic rings. The molecule has 1 nitrogen and oxygen atoms in total. The zero-order chi connectivity index (χ0) is 26.7. The van der Waals surface area contributed by atoms with Crippen molar-refractivity contribution < 1.29 is 0 Å². The molecule has 0 aliphatic rings. The van der Waals surface area contributed by atoms with Gasteiger partial charge in [-0.1, -0.05) is 168 Å². The van der Waals surface area contributed by atoms with E-state index in [1.165, 1.54) is 197 Å². The van der Waals surface area contributed by atoms with Crippen molar-refractivity contribution in [1.82, 2.24) is 4.98 Å². The summed E-state index contributed by atoms with van der Waals surface area (Å²) in [6.45, 7) is 6.91. The summed E-state index contributed by atoms with van der Waals surface area (Å²) in [5, 5.41) is 0. The van der Waals surface area contributed by atoms with Crippen LogP contribution in [0.1, 0.15) is 198 Å². The summed E-state index contributed by atoms with van der Waals surface area (Å²) >= 11 is 0. The predicted octanol–water partition coefficient (Wildman–Crippen LogP) is 12.5. The number of aryl methyl sites for hydroxylation is 3. The van der Waals surface area contributed by atoms with Crippen LogP contribution in [0.5, 0.6) is 0 Å². The number of rotatable bonds is 28. The average molecular weight is 514 g/mol. The van der Waals surface area contributed by atoms with E-state index in [0.29, 0.717) is 0 Å². The molecule has 0 saturated carbocycles. The van der Waals surface area contributed by atoms with E-state index in [2.05, 4.69) is 32.9 Å². The Morgan fingerprint density at radius 1 is 0.351 bits per heavy atom. The number of pyridine rings is 1. The summed E-state index contributed by atoms with van der Waals surface area (Å²) in [7, 11) is 0. The van der Waals surface area contributed by atoms with E-state index in [9.17, 15) is 0 Å². The summed E-state index contributed by atoms with van der Waals surface area (Å²) in [6, 6.07) is 4.82. The van der Waals surface area contributed by atoms with Crippen LogP contribution in [0, 0.1) is 0 Å². The zero-order valence-electron chi connectivity index (χ0n) is 25.9. The molecular weight excluding hydrogens is 446 g/mol. The summed E-state index contributed by atoms with van der Waals surface area (Å²) in [4.78, 5) is 5.09. The van der Waals surface area contributed by atoms with Gasteiger partial charge in [-0.2, -0.15) is 0 Å². The predicted molar refractivity (Wildman–Crippen MR) is 168 cm³/mol. The summed E-state index contributed by atoms with van der Waals surface area (Å²) in [5.41, 5.74) is 4.26. The minimum Gasteiger partial charge on any atom is -0.258 e. The number of unbranched alkanes of at least 4 members (excludes halogenated alkanes) is 22. The monoisotopic (exact) mass is 514 g/mol. The third-order valence-corrected chi connectivity index (χ3v) is 8.10. The Hall–Kier alpha value is -0.850. The summed E-state index contributed by atoms with van der Waals surface area (Å²) < 4.78 is 0. The Morgan fingerprint density at radius 2 is 0.649 bits per heavy atom. The normalized spacial score (nSPS) is 11.4. The van der Waals surface area contributed by atoms with Crippen molar-refractivity contribution >= 4 is 0 Å². The first-order valence-corrected chi connectivity index (χ1v) is 17.3. The van der Waals surface area contributed by atoms with Crippen LogP contribution in [0.4, 0.5) is 0 Å². The van der Waals surface area contributed by atoms with Crippen LogP contribution in [-0.2, 0) is 19.3 Å². The lowest BCUT2D eigenvalue weighted by Crippen LogP contribution is -2.00. The molecule has 0 N–H and O–H groups in total. The van der Waals surface area contributed by atoms with Crippen LogP contribution in [0.15, 0.2) is 12.1 Å². The molecule has 216 valence electrons. The fourth-order valence-corrected chi connectivity index (χ4v) is 5.70. The molecule has 1 aromatic heterocycles. The SMILES string of the molecule is CCCCCCCCCCCCCCc1cc(CCC)cc(CCCCCCCCCCCCCC)n1. The number of aromatic nitrogens is 1. The highest BCUT2D eigenvalue weighted by atomic mass is 14.7. The Morgan fingerprint density at radius 3 is 0.946 bits per heavy atom. The molecule has 0 aromatic carbocycles. The van der Waals surface area contributed by atoms with Crippen molar-refractivity contribution in [3.05, 3.63) is 29.1 Å². The van der Waals surface area contributed by atoms with E-state index < -0.39 is 0 Å². The molecule has 0 radical (unpaired) electrons. The van der Waals surface area contributed by atoms with Crippen molar-refractivity contribution in [2.75, 3.05) is 0 Å². The molecule has 0 amide bonds. The van der Waals surface area contributed by atoms with Gasteiger partial charge in [0.25, 0.3) is 0 Å². The molecule has 0 bridgehead atoms. The van der Waals surface area contributed by atoms with Crippen molar-refractivity contribution in [1.29, 1.82) is 0 Å². The first kappa shape index (κ1) is 34.2. The summed E-state index contributed by atoms with van der Waals surface area (Å²) in [6.07, 6.45) is 38.9. The van der Waals surface area contributed by atoms with Gasteiger partial charge in [-0.25, -0.2) is 0 Å². The Kier molecular flexibility index (Phi) is 24.7. The van der Waals surface area contributed by atoms with Gasteiger partial charge in [0.15, 0.2) is 0 Å². The molecule has 1 heteroatoms. The molecule has 0 unspecified atom stereocenters. The van der Waals surface area contributed by atoms with Gasteiger partial charge in [0.1, 0.15) is 0 Å². The van der Waals surface area contributed by atoms with Gasteiger partial charge in [-0.3, -0.25) is 4.98 Å². The molecule has 1 rings (SSSR count). The number of hydrogen-bond acceptors (Lipinski definition) is 1. The molecule has 0 atom stereocenters. The second-order valence-electron chi connectivity index (χ2n) is 12.0.